The van der Waals surface area contributed by atoms with Crippen molar-refractivity contribution in [3.8, 4) is 11.4 Å². The summed E-state index contributed by atoms with van der Waals surface area (Å²) < 4.78 is 9.94. The molecule has 4 rings (SSSR count). The zero-order valence-electron chi connectivity index (χ0n) is 18.8. The minimum atomic E-state index is -0.264. The van der Waals surface area contributed by atoms with Crippen molar-refractivity contribution in [2.75, 3.05) is 7.11 Å². The van der Waals surface area contributed by atoms with Crippen LogP contribution in [0.4, 0.5) is 0 Å². The molecule has 1 fully saturated rings. The molecule has 0 unspecified atom stereocenters. The number of aromatic amines is 1. The Hall–Kier alpha value is -3.52. The normalized spacial score (nSPS) is 14.6. The van der Waals surface area contributed by atoms with Gasteiger partial charge in [0.05, 0.1) is 23.9 Å². The molecular weight excluding hydrogens is 436 g/mol. The zero-order valence-corrected chi connectivity index (χ0v) is 19.7. The number of aryl methyl sites for hydroxylation is 1. The summed E-state index contributed by atoms with van der Waals surface area (Å²) >= 11 is 5.60. The van der Waals surface area contributed by atoms with Gasteiger partial charge in [0.15, 0.2) is 10.6 Å². The van der Waals surface area contributed by atoms with Crippen LogP contribution in [-0.2, 0) is 6.54 Å². The Morgan fingerprint density at radius 2 is 2.03 bits per heavy atom. The first-order valence-electron chi connectivity index (χ1n) is 10.9. The lowest BCUT2D eigenvalue weighted by Gasteiger charge is -2.14. The number of aliphatic hydroxyl groups is 2. The van der Waals surface area contributed by atoms with Crippen molar-refractivity contribution < 1.29 is 14.9 Å². The molecule has 8 heteroatoms. The van der Waals surface area contributed by atoms with Crippen LogP contribution in [-0.4, -0.2) is 36.7 Å². The number of nitrogens with zero attached hydrogens (tertiary/aromatic N) is 3. The summed E-state index contributed by atoms with van der Waals surface area (Å²) in [5.41, 5.74) is 3.05. The molecule has 1 aliphatic rings. The molecular formula is C25H28N4O3S. The minimum Gasteiger partial charge on any atom is -0.508 e. The first kappa shape index (κ1) is 22.7. The van der Waals surface area contributed by atoms with E-state index in [9.17, 15) is 10.2 Å². The molecule has 0 atom stereocenters. The molecule has 0 amide bonds. The van der Waals surface area contributed by atoms with E-state index >= 15 is 0 Å². The number of H-pyrrole nitrogens is 1. The first-order chi connectivity index (χ1) is 15.8. The monoisotopic (exact) mass is 464 g/mol. The van der Waals surface area contributed by atoms with E-state index in [-0.39, 0.29) is 11.5 Å². The molecule has 1 saturated carbocycles. The summed E-state index contributed by atoms with van der Waals surface area (Å²) in [4.78, 5) is 0. The summed E-state index contributed by atoms with van der Waals surface area (Å²) in [5.74, 6) is 1.12. The molecule has 1 aliphatic carbocycles. The molecule has 33 heavy (non-hydrogen) atoms. The summed E-state index contributed by atoms with van der Waals surface area (Å²) in [5, 5.41) is 28.7. The second kappa shape index (κ2) is 9.15. The fourth-order valence-corrected chi connectivity index (χ4v) is 4.24. The maximum absolute atomic E-state index is 10.8. The molecule has 0 bridgehead atoms. The number of allylic oxidation sites excluding steroid dienone is 4. The number of aliphatic hydroxyl groups excluding tert-OH is 2. The number of hydrogen-bond donors (Lipinski definition) is 3. The second-order valence-corrected chi connectivity index (χ2v) is 8.56. The molecule has 0 radical (unpaired) electrons. The Kier molecular flexibility index (Phi) is 6.29. The smallest absolute Gasteiger partial charge is 0.200 e. The van der Waals surface area contributed by atoms with E-state index in [0.29, 0.717) is 22.1 Å². The molecule has 7 nitrogen and oxygen atoms in total. The fourth-order valence-electron chi connectivity index (χ4n) is 4.01. The Morgan fingerprint density at radius 1 is 1.27 bits per heavy atom. The number of rotatable bonds is 9. The van der Waals surface area contributed by atoms with Gasteiger partial charge in [0.25, 0.3) is 0 Å². The van der Waals surface area contributed by atoms with Crippen molar-refractivity contribution in [3.05, 3.63) is 77.4 Å². The molecule has 3 aromatic rings. The average molecular weight is 465 g/mol. The van der Waals surface area contributed by atoms with Crippen molar-refractivity contribution in [1.82, 2.24) is 19.3 Å². The van der Waals surface area contributed by atoms with Gasteiger partial charge in [-0.2, -0.15) is 5.10 Å². The van der Waals surface area contributed by atoms with E-state index in [1.54, 1.807) is 17.8 Å². The van der Waals surface area contributed by atoms with Crippen molar-refractivity contribution in [2.45, 2.75) is 32.7 Å². The zero-order chi connectivity index (χ0) is 23.7. The van der Waals surface area contributed by atoms with Gasteiger partial charge < -0.3 is 19.5 Å². The van der Waals surface area contributed by atoms with Crippen LogP contribution in [0.15, 0.2) is 66.8 Å². The molecule has 2 aromatic heterocycles. The van der Waals surface area contributed by atoms with Gasteiger partial charge in [-0.1, -0.05) is 25.7 Å². The fraction of sp³-hybridized carbons (Fsp3) is 0.280. The molecule has 3 N–H and O–H groups in total. The first-order valence-corrected chi connectivity index (χ1v) is 11.3. The SMILES string of the molecule is C=C(O)/C=C(O)\C(=C/C(=C)C1CC1)c1n[nH]c(=S)n1-c1ccc(OC)c2c1ccn2CCC. The average Bonchev–Trinajstić information content (AvgIpc) is 3.45. The Bertz CT molecular complexity index is 1350. The highest BCUT2D eigenvalue weighted by Crippen LogP contribution is 2.39. The Morgan fingerprint density at radius 3 is 2.67 bits per heavy atom. The van der Waals surface area contributed by atoms with Gasteiger partial charge in [0.2, 0.25) is 0 Å². The summed E-state index contributed by atoms with van der Waals surface area (Å²) in [6, 6.07) is 5.85. The molecule has 0 saturated heterocycles. The van der Waals surface area contributed by atoms with E-state index in [1.807, 2.05) is 24.4 Å². The maximum Gasteiger partial charge on any atom is 0.200 e. The summed E-state index contributed by atoms with van der Waals surface area (Å²) in [6.45, 7) is 10.6. The van der Waals surface area contributed by atoms with E-state index in [0.717, 1.165) is 53.7 Å². The van der Waals surface area contributed by atoms with Crippen LogP contribution < -0.4 is 4.74 Å². The highest BCUT2D eigenvalue weighted by molar-refractivity contribution is 7.71. The van der Waals surface area contributed by atoms with E-state index in [4.69, 9.17) is 17.0 Å². The van der Waals surface area contributed by atoms with Crippen LogP contribution in [0, 0.1) is 10.7 Å². The van der Waals surface area contributed by atoms with Crippen LogP contribution >= 0.6 is 12.2 Å². The van der Waals surface area contributed by atoms with Gasteiger partial charge in [0, 0.05) is 24.2 Å². The predicted molar refractivity (Wildman–Crippen MR) is 133 cm³/mol. The Balaban J connectivity index is 1.96. The highest BCUT2D eigenvalue weighted by atomic mass is 32.1. The second-order valence-electron chi connectivity index (χ2n) is 8.17. The van der Waals surface area contributed by atoms with Crippen molar-refractivity contribution in [2.24, 2.45) is 5.92 Å². The molecule has 0 spiro atoms. The molecule has 0 aliphatic heterocycles. The lowest BCUT2D eigenvalue weighted by atomic mass is 10.1. The van der Waals surface area contributed by atoms with E-state index in [2.05, 4.69) is 34.8 Å². The number of aromatic nitrogens is 4. The van der Waals surface area contributed by atoms with Gasteiger partial charge >= 0.3 is 0 Å². The Labute approximate surface area is 197 Å². The number of methoxy groups -OCH3 is 1. The number of hydrogen-bond acceptors (Lipinski definition) is 5. The molecule has 1 aromatic carbocycles. The van der Waals surface area contributed by atoms with Gasteiger partial charge in [-0.25, -0.2) is 0 Å². The van der Waals surface area contributed by atoms with Crippen molar-refractivity contribution >= 4 is 28.7 Å². The third-order valence-corrected chi connectivity index (χ3v) is 5.99. The lowest BCUT2D eigenvalue weighted by Crippen LogP contribution is -2.05. The van der Waals surface area contributed by atoms with E-state index < -0.39 is 0 Å². The van der Waals surface area contributed by atoms with Crippen LogP contribution in [0.1, 0.15) is 32.0 Å². The van der Waals surface area contributed by atoms with Gasteiger partial charge in [-0.3, -0.25) is 9.67 Å². The summed E-state index contributed by atoms with van der Waals surface area (Å²) in [6.07, 6.45) is 8.13. The van der Waals surface area contributed by atoms with Crippen molar-refractivity contribution in [3.63, 3.8) is 0 Å². The highest BCUT2D eigenvalue weighted by Gasteiger charge is 2.26. The van der Waals surface area contributed by atoms with Gasteiger partial charge in [0.1, 0.15) is 17.3 Å². The predicted octanol–water partition coefficient (Wildman–Crippen LogP) is 6.17. The largest absolute Gasteiger partial charge is 0.508 e. The lowest BCUT2D eigenvalue weighted by molar-refractivity contribution is 0.408. The topological polar surface area (TPSA) is 88.2 Å². The van der Waals surface area contributed by atoms with Crippen LogP contribution in [0.2, 0.25) is 0 Å². The van der Waals surface area contributed by atoms with Crippen LogP contribution in [0.5, 0.6) is 5.75 Å². The van der Waals surface area contributed by atoms with Gasteiger partial charge in [-0.05, 0) is 61.7 Å². The minimum absolute atomic E-state index is 0.173. The van der Waals surface area contributed by atoms with Gasteiger partial charge in [-0.15, -0.1) is 0 Å². The van der Waals surface area contributed by atoms with E-state index in [1.165, 1.54) is 6.08 Å². The number of fused-ring (bicyclic) bond motifs is 1. The number of benzene rings is 1. The third-order valence-electron chi connectivity index (χ3n) is 5.71. The number of nitrogens with one attached hydrogen (secondary N) is 1. The molecule has 172 valence electrons. The molecule has 2 heterocycles. The standard InChI is InChI=1S/C25H28N4O3S/c1-5-11-28-12-10-18-20(8-9-22(32-4)23(18)28)29-24(26-27-25(29)33)19(21(31)14-16(3)30)13-15(2)17-6-7-17/h8-10,12-14,17,30-31H,2-3,5-7,11H2,1,4H3,(H,27,33)/b19-13+,21-14+. The van der Waals surface area contributed by atoms with Crippen LogP contribution in [0.25, 0.3) is 22.2 Å². The van der Waals surface area contributed by atoms with Crippen LogP contribution in [0.3, 0.4) is 0 Å². The quantitative estimate of drug-likeness (QED) is 0.200. The number of ether oxygens (including phenoxy) is 1. The maximum atomic E-state index is 10.8. The summed E-state index contributed by atoms with van der Waals surface area (Å²) in [7, 11) is 1.65. The third kappa shape index (κ3) is 4.39. The van der Waals surface area contributed by atoms with Crippen molar-refractivity contribution in [1.29, 1.82) is 0 Å².